The molecule has 4 heteroatoms. The molecule has 0 saturated heterocycles. The molecule has 0 amide bonds. The Morgan fingerprint density at radius 1 is 1.08 bits per heavy atom. The zero-order valence-electron chi connectivity index (χ0n) is 7.64. The maximum absolute atomic E-state index is 8.55. The monoisotopic (exact) mass is 186 g/mol. The maximum Gasteiger partial charge on any atom is 0.123 e. The van der Waals surface area contributed by atoms with Crippen molar-refractivity contribution in [3.8, 4) is 0 Å². The Balaban J connectivity index is 0.000000671. The molecule has 4 nitrogen and oxygen atoms in total. The van der Waals surface area contributed by atoms with E-state index in [2.05, 4.69) is 4.89 Å². The Morgan fingerprint density at radius 2 is 1.54 bits per heavy atom. The summed E-state index contributed by atoms with van der Waals surface area (Å²) < 4.78 is 0. The van der Waals surface area contributed by atoms with Gasteiger partial charge < -0.3 is 0 Å². The van der Waals surface area contributed by atoms with Crippen LogP contribution in [-0.4, -0.2) is 15.8 Å². The molecule has 0 aromatic heterocycles. The summed E-state index contributed by atoms with van der Waals surface area (Å²) in [4.78, 5) is 4.32. The molecule has 0 radical (unpaired) electrons. The second-order valence-corrected chi connectivity index (χ2v) is 2.97. The first kappa shape index (κ1) is 12.1. The van der Waals surface area contributed by atoms with Gasteiger partial charge in [0.15, 0.2) is 0 Å². The van der Waals surface area contributed by atoms with Crippen LogP contribution in [0.3, 0.4) is 0 Å². The van der Waals surface area contributed by atoms with Gasteiger partial charge in [0, 0.05) is 0 Å². The van der Waals surface area contributed by atoms with Gasteiger partial charge in [0.25, 0.3) is 0 Å². The van der Waals surface area contributed by atoms with Crippen LogP contribution in [0.2, 0.25) is 0 Å². The van der Waals surface area contributed by atoms with E-state index in [9.17, 15) is 0 Å². The summed E-state index contributed by atoms with van der Waals surface area (Å²) in [6.07, 6.45) is 0. The van der Waals surface area contributed by atoms with E-state index in [0.717, 1.165) is 5.56 Å². The van der Waals surface area contributed by atoms with Crippen LogP contribution in [0.5, 0.6) is 0 Å². The first-order valence-corrected chi connectivity index (χ1v) is 3.75. The highest BCUT2D eigenvalue weighted by atomic mass is 17.1. The van der Waals surface area contributed by atoms with Gasteiger partial charge in [-0.05, 0) is 19.4 Å². The minimum Gasteiger partial charge on any atom is -0.255 e. The van der Waals surface area contributed by atoms with E-state index in [0.29, 0.717) is 0 Å². The largest absolute Gasteiger partial charge is 0.255 e. The van der Waals surface area contributed by atoms with Crippen LogP contribution in [0.15, 0.2) is 30.3 Å². The van der Waals surface area contributed by atoms with Crippen LogP contribution in [0.25, 0.3) is 0 Å². The molecule has 1 aromatic carbocycles. The summed E-state index contributed by atoms with van der Waals surface area (Å²) in [5, 5.41) is 20.5. The molecule has 0 aliphatic carbocycles. The van der Waals surface area contributed by atoms with Crippen LogP contribution < -0.4 is 0 Å². The lowest BCUT2D eigenvalue weighted by Gasteiger charge is -2.20. The van der Waals surface area contributed by atoms with Gasteiger partial charge >= 0.3 is 0 Å². The number of hydrogen-bond acceptors (Lipinski definition) is 4. The quantitative estimate of drug-likeness (QED) is 0.490. The van der Waals surface area contributed by atoms with Crippen LogP contribution in [0.4, 0.5) is 0 Å². The highest BCUT2D eigenvalue weighted by Crippen LogP contribution is 2.22. The average molecular weight is 186 g/mol. The zero-order chi connectivity index (χ0) is 10.3. The van der Waals surface area contributed by atoms with E-state index in [1.54, 1.807) is 0 Å². The summed E-state index contributed by atoms with van der Waals surface area (Å²) in [7, 11) is 0. The summed E-state index contributed by atoms with van der Waals surface area (Å²) in [5.74, 6) is 0. The molecule has 1 aromatic rings. The lowest BCUT2D eigenvalue weighted by atomic mass is 9.99. The van der Waals surface area contributed by atoms with Gasteiger partial charge in [-0.15, -0.1) is 0 Å². The van der Waals surface area contributed by atoms with Crippen molar-refractivity contribution in [2.24, 2.45) is 0 Å². The van der Waals surface area contributed by atoms with Gasteiger partial charge in [0.1, 0.15) is 5.60 Å². The Hall–Kier alpha value is -0.940. The third-order valence-corrected chi connectivity index (χ3v) is 1.70. The van der Waals surface area contributed by atoms with E-state index < -0.39 is 5.60 Å². The molecule has 0 atom stereocenters. The maximum atomic E-state index is 8.55. The van der Waals surface area contributed by atoms with E-state index >= 15 is 0 Å². The van der Waals surface area contributed by atoms with Crippen molar-refractivity contribution in [2.45, 2.75) is 19.4 Å². The van der Waals surface area contributed by atoms with E-state index in [4.69, 9.17) is 15.8 Å². The van der Waals surface area contributed by atoms with Gasteiger partial charge in [-0.2, -0.15) is 0 Å². The van der Waals surface area contributed by atoms with Crippen molar-refractivity contribution in [3.05, 3.63) is 35.9 Å². The standard InChI is InChI=1S/C9H12O2.H2O2/c1-9(2,11-10)8-6-4-3-5-7-8;1-2/h3-7,10H,1-2H3;1-2H. The number of hydrogen-bond donors (Lipinski definition) is 3. The molecule has 0 heterocycles. The highest BCUT2D eigenvalue weighted by molar-refractivity contribution is 5.20. The normalized spacial score (nSPS) is 10.2. The molecule has 13 heavy (non-hydrogen) atoms. The molecule has 0 aliphatic rings. The molecule has 0 fully saturated rings. The first-order valence-electron chi connectivity index (χ1n) is 3.75. The van der Waals surface area contributed by atoms with Crippen molar-refractivity contribution in [3.63, 3.8) is 0 Å². The van der Waals surface area contributed by atoms with Crippen molar-refractivity contribution >= 4 is 0 Å². The predicted molar refractivity (Wildman–Crippen MR) is 48.4 cm³/mol. The molecular formula is C9H14O4. The minimum absolute atomic E-state index is 0.610. The lowest BCUT2D eigenvalue weighted by molar-refractivity contribution is -0.318. The third-order valence-electron chi connectivity index (χ3n) is 1.70. The molecule has 3 N–H and O–H groups in total. The van der Waals surface area contributed by atoms with Crippen molar-refractivity contribution < 1.29 is 20.7 Å². The Labute approximate surface area is 76.9 Å². The number of benzene rings is 1. The Bertz CT molecular complexity index is 220. The van der Waals surface area contributed by atoms with Crippen molar-refractivity contribution in [1.29, 1.82) is 0 Å². The lowest BCUT2D eigenvalue weighted by Crippen LogP contribution is -2.19. The number of rotatable bonds is 2. The topological polar surface area (TPSA) is 69.9 Å². The Kier molecular flexibility index (Phi) is 5.25. The van der Waals surface area contributed by atoms with Crippen LogP contribution in [-0.2, 0) is 10.5 Å². The summed E-state index contributed by atoms with van der Waals surface area (Å²) in [6.45, 7) is 3.62. The Morgan fingerprint density at radius 3 is 1.92 bits per heavy atom. The molecule has 0 spiro atoms. The van der Waals surface area contributed by atoms with Crippen molar-refractivity contribution in [2.75, 3.05) is 0 Å². The fraction of sp³-hybridized carbons (Fsp3) is 0.333. The van der Waals surface area contributed by atoms with Crippen LogP contribution in [0, 0.1) is 0 Å². The van der Waals surface area contributed by atoms with Gasteiger partial charge in [-0.25, -0.2) is 4.89 Å². The highest BCUT2D eigenvalue weighted by Gasteiger charge is 2.20. The van der Waals surface area contributed by atoms with E-state index in [1.807, 2.05) is 44.2 Å². The second kappa shape index (κ2) is 5.66. The van der Waals surface area contributed by atoms with Crippen LogP contribution >= 0.6 is 0 Å². The third kappa shape index (κ3) is 3.52. The van der Waals surface area contributed by atoms with Gasteiger partial charge in [0.05, 0.1) is 0 Å². The summed E-state index contributed by atoms with van der Waals surface area (Å²) in [6, 6.07) is 9.58. The molecule has 74 valence electrons. The minimum atomic E-state index is -0.610. The SMILES string of the molecule is CC(C)(OO)c1ccccc1.OO. The smallest absolute Gasteiger partial charge is 0.123 e. The molecule has 0 bridgehead atoms. The van der Waals surface area contributed by atoms with Gasteiger partial charge in [0.2, 0.25) is 0 Å². The first-order chi connectivity index (χ1) is 6.17. The molecule has 1 rings (SSSR count). The fourth-order valence-corrected chi connectivity index (χ4v) is 0.892. The molecular weight excluding hydrogens is 172 g/mol. The van der Waals surface area contributed by atoms with Crippen LogP contribution in [0.1, 0.15) is 19.4 Å². The van der Waals surface area contributed by atoms with Gasteiger partial charge in [-0.3, -0.25) is 15.8 Å². The zero-order valence-corrected chi connectivity index (χ0v) is 7.64. The summed E-state index contributed by atoms with van der Waals surface area (Å²) in [5.41, 5.74) is 0.351. The average Bonchev–Trinajstić information content (AvgIpc) is 2.22. The second-order valence-electron chi connectivity index (χ2n) is 2.97. The summed E-state index contributed by atoms with van der Waals surface area (Å²) >= 11 is 0. The van der Waals surface area contributed by atoms with E-state index in [-0.39, 0.29) is 0 Å². The molecule has 0 aliphatic heterocycles. The molecule has 0 saturated carbocycles. The van der Waals surface area contributed by atoms with Gasteiger partial charge in [-0.1, -0.05) is 30.3 Å². The molecule has 0 unspecified atom stereocenters. The predicted octanol–water partition coefficient (Wildman–Crippen LogP) is 2.43. The van der Waals surface area contributed by atoms with Crippen molar-refractivity contribution in [1.82, 2.24) is 0 Å². The van der Waals surface area contributed by atoms with E-state index in [1.165, 1.54) is 0 Å². The fourth-order valence-electron chi connectivity index (χ4n) is 0.892.